The smallest absolute Gasteiger partial charge is 0.303 e. The van der Waals surface area contributed by atoms with Gasteiger partial charge in [-0.05, 0) is 24.1 Å². The fraction of sp³-hybridized carbons (Fsp3) is 0.308. The Balaban J connectivity index is 2.60. The highest BCUT2D eigenvalue weighted by Gasteiger charge is 2.13. The van der Waals surface area contributed by atoms with Gasteiger partial charge in [0.1, 0.15) is 6.07 Å². The Morgan fingerprint density at radius 3 is 2.68 bits per heavy atom. The fourth-order valence-corrected chi connectivity index (χ4v) is 1.81. The zero-order valence-corrected chi connectivity index (χ0v) is 11.1. The van der Waals surface area contributed by atoms with Crippen LogP contribution in [0.25, 0.3) is 0 Å². The van der Waals surface area contributed by atoms with Crippen molar-refractivity contribution in [2.45, 2.75) is 19.8 Å². The molecule has 0 saturated heterocycles. The fourth-order valence-electron chi connectivity index (χ4n) is 1.58. The Hall–Kier alpha value is -2.06. The highest BCUT2D eigenvalue weighted by Crippen LogP contribution is 2.20. The predicted octanol–water partition coefficient (Wildman–Crippen LogP) is 2.65. The van der Waals surface area contributed by atoms with E-state index in [0.29, 0.717) is 11.3 Å². The van der Waals surface area contributed by atoms with Crippen molar-refractivity contribution in [3.05, 3.63) is 28.8 Å². The van der Waals surface area contributed by atoms with E-state index in [1.54, 1.807) is 13.0 Å². The summed E-state index contributed by atoms with van der Waals surface area (Å²) in [7, 11) is 0. The summed E-state index contributed by atoms with van der Waals surface area (Å²) in [5.41, 5.74) is 0.815. The predicted molar refractivity (Wildman–Crippen MR) is 70.8 cm³/mol. The Labute approximate surface area is 115 Å². The minimum Gasteiger partial charge on any atom is -0.481 e. The van der Waals surface area contributed by atoms with E-state index in [2.05, 4.69) is 5.32 Å². The van der Waals surface area contributed by atoms with E-state index in [1.165, 1.54) is 12.1 Å². The monoisotopic (exact) mass is 280 g/mol. The van der Waals surface area contributed by atoms with Gasteiger partial charge >= 0.3 is 5.97 Å². The summed E-state index contributed by atoms with van der Waals surface area (Å²) in [6.45, 7) is 1.69. The van der Waals surface area contributed by atoms with Crippen molar-refractivity contribution in [1.82, 2.24) is 0 Å². The molecular weight excluding hydrogens is 268 g/mol. The van der Waals surface area contributed by atoms with Crippen molar-refractivity contribution in [2.24, 2.45) is 5.92 Å². The number of carboxylic acids is 1. The summed E-state index contributed by atoms with van der Waals surface area (Å²) in [4.78, 5) is 22.1. The number of carbonyl (C=O) groups is 2. The Kier molecular flexibility index (Phi) is 5.34. The molecule has 0 unspecified atom stereocenters. The number of carbonyl (C=O) groups excluding carboxylic acids is 1. The van der Waals surface area contributed by atoms with E-state index in [4.69, 9.17) is 22.0 Å². The van der Waals surface area contributed by atoms with Crippen LogP contribution in [-0.2, 0) is 9.59 Å². The lowest BCUT2D eigenvalue weighted by Crippen LogP contribution is -2.16. The molecule has 1 aromatic carbocycles. The largest absolute Gasteiger partial charge is 0.481 e. The van der Waals surface area contributed by atoms with Crippen molar-refractivity contribution >= 4 is 29.2 Å². The highest BCUT2D eigenvalue weighted by molar-refractivity contribution is 6.32. The summed E-state index contributed by atoms with van der Waals surface area (Å²) in [6, 6.07) is 6.49. The highest BCUT2D eigenvalue weighted by atomic mass is 35.5. The van der Waals surface area contributed by atoms with Gasteiger partial charge in [-0.2, -0.15) is 5.26 Å². The van der Waals surface area contributed by atoms with Crippen LogP contribution in [0.15, 0.2) is 18.2 Å². The van der Waals surface area contributed by atoms with Gasteiger partial charge in [0, 0.05) is 18.5 Å². The van der Waals surface area contributed by atoms with E-state index in [9.17, 15) is 9.59 Å². The third kappa shape index (κ3) is 4.98. The summed E-state index contributed by atoms with van der Waals surface area (Å²) < 4.78 is 0. The van der Waals surface area contributed by atoms with Gasteiger partial charge in [0.05, 0.1) is 10.6 Å². The molecule has 0 heterocycles. The van der Waals surface area contributed by atoms with Crippen molar-refractivity contribution in [2.75, 3.05) is 5.32 Å². The maximum absolute atomic E-state index is 11.7. The van der Waals surface area contributed by atoms with Crippen LogP contribution in [0.3, 0.4) is 0 Å². The molecule has 0 spiro atoms. The minimum atomic E-state index is -0.929. The van der Waals surface area contributed by atoms with Crippen LogP contribution in [0, 0.1) is 17.2 Å². The molecule has 1 atom stereocenters. The Morgan fingerprint density at radius 2 is 2.16 bits per heavy atom. The molecule has 1 rings (SSSR count). The van der Waals surface area contributed by atoms with E-state index < -0.39 is 5.97 Å². The molecule has 0 radical (unpaired) electrons. The lowest BCUT2D eigenvalue weighted by atomic mass is 10.0. The average molecular weight is 281 g/mol. The number of anilines is 1. The van der Waals surface area contributed by atoms with Crippen LogP contribution in [0.5, 0.6) is 0 Å². The Morgan fingerprint density at radius 1 is 1.47 bits per heavy atom. The molecule has 6 heteroatoms. The number of aliphatic carboxylic acids is 1. The number of nitrogens with one attached hydrogen (secondary N) is 1. The summed E-state index contributed by atoms with van der Waals surface area (Å²) in [6.07, 6.45) is 0.0610. The second-order valence-corrected chi connectivity index (χ2v) is 4.67. The molecule has 0 aliphatic carbocycles. The number of amides is 1. The molecule has 1 amide bonds. The van der Waals surface area contributed by atoms with Crippen LogP contribution < -0.4 is 5.32 Å². The van der Waals surface area contributed by atoms with Gasteiger partial charge in [-0.15, -0.1) is 0 Å². The van der Waals surface area contributed by atoms with Crippen LogP contribution in [0.4, 0.5) is 5.69 Å². The third-order valence-electron chi connectivity index (χ3n) is 2.43. The second kappa shape index (κ2) is 6.76. The molecule has 0 bridgehead atoms. The number of hydrogen-bond donors (Lipinski definition) is 2. The number of nitriles is 1. The van der Waals surface area contributed by atoms with Gasteiger partial charge in [0.2, 0.25) is 5.91 Å². The number of carboxylic acid groups (broad SMARTS) is 1. The molecule has 0 fully saturated rings. The molecule has 0 aromatic heterocycles. The number of hydrogen-bond acceptors (Lipinski definition) is 3. The van der Waals surface area contributed by atoms with Gasteiger partial charge < -0.3 is 10.4 Å². The van der Waals surface area contributed by atoms with Gasteiger partial charge in [0.15, 0.2) is 0 Å². The number of nitrogens with zero attached hydrogens (tertiary/aromatic N) is 1. The van der Waals surface area contributed by atoms with Crippen LogP contribution in [0.1, 0.15) is 25.3 Å². The first-order valence-electron chi connectivity index (χ1n) is 5.63. The van der Waals surface area contributed by atoms with Crippen molar-refractivity contribution in [3.8, 4) is 6.07 Å². The lowest BCUT2D eigenvalue weighted by molar-refractivity contribution is -0.138. The van der Waals surface area contributed by atoms with Crippen molar-refractivity contribution in [3.63, 3.8) is 0 Å². The van der Waals surface area contributed by atoms with Crippen LogP contribution in [0.2, 0.25) is 5.02 Å². The summed E-state index contributed by atoms with van der Waals surface area (Å²) in [5, 5.41) is 20.2. The lowest BCUT2D eigenvalue weighted by Gasteiger charge is -2.09. The maximum Gasteiger partial charge on any atom is 0.303 e. The average Bonchev–Trinajstić information content (AvgIpc) is 2.27. The van der Waals surface area contributed by atoms with Gasteiger partial charge in [-0.3, -0.25) is 9.59 Å². The topological polar surface area (TPSA) is 90.2 Å². The van der Waals surface area contributed by atoms with E-state index in [-0.39, 0.29) is 29.7 Å². The van der Waals surface area contributed by atoms with E-state index >= 15 is 0 Å². The number of halogens is 1. The Bertz CT molecular complexity index is 537. The van der Waals surface area contributed by atoms with Gasteiger partial charge in [-0.1, -0.05) is 18.5 Å². The quantitative estimate of drug-likeness (QED) is 0.867. The second-order valence-electron chi connectivity index (χ2n) is 4.26. The zero-order valence-electron chi connectivity index (χ0n) is 10.3. The zero-order chi connectivity index (χ0) is 14.4. The van der Waals surface area contributed by atoms with Crippen LogP contribution >= 0.6 is 11.6 Å². The van der Waals surface area contributed by atoms with Crippen molar-refractivity contribution in [1.29, 1.82) is 5.26 Å². The molecule has 5 nitrogen and oxygen atoms in total. The molecule has 100 valence electrons. The normalized spacial score (nSPS) is 11.4. The summed E-state index contributed by atoms with van der Waals surface area (Å²) in [5.74, 6) is -1.46. The third-order valence-corrected chi connectivity index (χ3v) is 2.74. The maximum atomic E-state index is 11.7. The standard InChI is InChI=1S/C13H13ClN2O3/c1-8(5-13(18)19)4-12(17)16-10-3-2-9(7-15)11(14)6-10/h2-3,6,8H,4-5H2,1H3,(H,16,17)(H,18,19)/t8-/m0/s1. The van der Waals surface area contributed by atoms with Gasteiger partial charge in [0.25, 0.3) is 0 Å². The summed E-state index contributed by atoms with van der Waals surface area (Å²) >= 11 is 5.84. The first-order chi connectivity index (χ1) is 8.92. The molecule has 1 aromatic rings. The van der Waals surface area contributed by atoms with Crippen molar-refractivity contribution < 1.29 is 14.7 Å². The van der Waals surface area contributed by atoms with E-state index in [0.717, 1.165) is 0 Å². The van der Waals surface area contributed by atoms with Gasteiger partial charge in [-0.25, -0.2) is 0 Å². The number of benzene rings is 1. The molecular formula is C13H13ClN2O3. The molecule has 0 saturated carbocycles. The number of rotatable bonds is 5. The van der Waals surface area contributed by atoms with Crippen LogP contribution in [-0.4, -0.2) is 17.0 Å². The first kappa shape index (κ1) is 15.0. The molecule has 2 N–H and O–H groups in total. The van der Waals surface area contributed by atoms with E-state index in [1.807, 2.05) is 6.07 Å². The minimum absolute atomic E-state index is 0.0540. The molecule has 19 heavy (non-hydrogen) atoms. The molecule has 0 aliphatic heterocycles. The SMILES string of the molecule is C[C@H](CC(=O)O)CC(=O)Nc1ccc(C#N)c(Cl)c1. The first-order valence-corrected chi connectivity index (χ1v) is 6.01. The molecule has 0 aliphatic rings.